The van der Waals surface area contributed by atoms with Crippen LogP contribution in [0.4, 0.5) is 0 Å². The highest BCUT2D eigenvalue weighted by Gasteiger charge is 2.25. The molecule has 3 rings (SSSR count). The van der Waals surface area contributed by atoms with Gasteiger partial charge in [0.05, 0.1) is 7.11 Å². The van der Waals surface area contributed by atoms with Gasteiger partial charge in [-0.25, -0.2) is 0 Å². The van der Waals surface area contributed by atoms with Crippen LogP contribution in [-0.4, -0.2) is 45.8 Å². The predicted octanol–water partition coefficient (Wildman–Crippen LogP) is 2.73. The van der Waals surface area contributed by atoms with Crippen molar-refractivity contribution in [1.29, 1.82) is 0 Å². The quantitative estimate of drug-likeness (QED) is 0.785. The number of aryl methyl sites for hydroxylation is 1. The van der Waals surface area contributed by atoms with E-state index >= 15 is 0 Å². The first-order valence-electron chi connectivity index (χ1n) is 8.70. The minimum atomic E-state index is 0.0539. The molecule has 0 bridgehead atoms. The van der Waals surface area contributed by atoms with E-state index in [-0.39, 0.29) is 5.91 Å². The number of hydrogen-bond donors (Lipinski definition) is 0. The third-order valence-corrected chi connectivity index (χ3v) is 4.67. The lowest BCUT2D eigenvalue weighted by Gasteiger charge is -2.30. The van der Waals surface area contributed by atoms with Crippen LogP contribution >= 0.6 is 0 Å². The third kappa shape index (κ3) is 4.07. The molecule has 1 saturated heterocycles. The number of amides is 1. The standard InChI is InChI=1S/C19H24N4O2/c1-3-22-14-20-21-19(22)16-9-11-23(12-10-16)18(24)8-7-15-5-4-6-17(13-15)25-2/h4-8,13-14,16H,3,9-12H2,1-2H3/b8-7-. The van der Waals surface area contributed by atoms with E-state index in [4.69, 9.17) is 4.74 Å². The molecule has 0 N–H and O–H groups in total. The monoisotopic (exact) mass is 340 g/mol. The van der Waals surface area contributed by atoms with Crippen LogP contribution < -0.4 is 4.74 Å². The molecule has 2 aromatic rings. The lowest BCUT2D eigenvalue weighted by molar-refractivity contribution is -0.127. The molecule has 25 heavy (non-hydrogen) atoms. The van der Waals surface area contributed by atoms with Gasteiger partial charge in [0.15, 0.2) is 0 Å². The van der Waals surface area contributed by atoms with Gasteiger partial charge in [-0.2, -0.15) is 0 Å². The van der Waals surface area contributed by atoms with E-state index in [2.05, 4.69) is 21.7 Å². The average Bonchev–Trinajstić information content (AvgIpc) is 3.15. The Morgan fingerprint density at radius 2 is 2.16 bits per heavy atom. The highest BCUT2D eigenvalue weighted by Crippen LogP contribution is 2.26. The van der Waals surface area contributed by atoms with Crippen molar-refractivity contribution >= 4 is 12.0 Å². The number of ether oxygens (including phenoxy) is 1. The Bertz CT molecular complexity index is 745. The maximum Gasteiger partial charge on any atom is 0.246 e. The van der Waals surface area contributed by atoms with Gasteiger partial charge in [0.1, 0.15) is 17.9 Å². The van der Waals surface area contributed by atoms with Gasteiger partial charge in [-0.3, -0.25) is 4.79 Å². The Balaban J connectivity index is 1.57. The van der Waals surface area contributed by atoms with Crippen molar-refractivity contribution in [2.45, 2.75) is 32.2 Å². The molecule has 1 fully saturated rings. The zero-order chi connectivity index (χ0) is 17.6. The fourth-order valence-electron chi connectivity index (χ4n) is 3.20. The molecule has 1 aromatic carbocycles. The lowest BCUT2D eigenvalue weighted by atomic mass is 9.96. The van der Waals surface area contributed by atoms with Crippen molar-refractivity contribution < 1.29 is 9.53 Å². The summed E-state index contributed by atoms with van der Waals surface area (Å²) in [6.45, 7) is 4.48. The summed E-state index contributed by atoms with van der Waals surface area (Å²) in [6, 6.07) is 7.67. The number of hydrogen-bond acceptors (Lipinski definition) is 4. The Morgan fingerprint density at radius 3 is 2.88 bits per heavy atom. The molecule has 1 aromatic heterocycles. The number of likely N-dealkylation sites (tertiary alicyclic amines) is 1. The fraction of sp³-hybridized carbons (Fsp3) is 0.421. The molecule has 1 amide bonds. The minimum Gasteiger partial charge on any atom is -0.497 e. The molecule has 2 heterocycles. The second kappa shape index (κ2) is 7.96. The summed E-state index contributed by atoms with van der Waals surface area (Å²) < 4.78 is 7.29. The van der Waals surface area contributed by atoms with Crippen LogP contribution in [-0.2, 0) is 11.3 Å². The topological polar surface area (TPSA) is 60.2 Å². The van der Waals surface area contributed by atoms with Crippen LogP contribution in [0.3, 0.4) is 0 Å². The van der Waals surface area contributed by atoms with Crippen LogP contribution in [0.2, 0.25) is 0 Å². The number of rotatable bonds is 5. The maximum absolute atomic E-state index is 12.4. The zero-order valence-corrected chi connectivity index (χ0v) is 14.8. The van der Waals surface area contributed by atoms with E-state index in [0.717, 1.165) is 49.6 Å². The maximum atomic E-state index is 12.4. The molecular weight excluding hydrogens is 316 g/mol. The molecule has 0 saturated carbocycles. The fourth-order valence-corrected chi connectivity index (χ4v) is 3.20. The molecular formula is C19H24N4O2. The Labute approximate surface area is 148 Å². The summed E-state index contributed by atoms with van der Waals surface area (Å²) in [5.74, 6) is 2.27. The van der Waals surface area contributed by atoms with Gasteiger partial charge < -0.3 is 14.2 Å². The van der Waals surface area contributed by atoms with Crippen LogP contribution in [0.15, 0.2) is 36.7 Å². The number of nitrogens with zero attached hydrogens (tertiary/aromatic N) is 4. The molecule has 0 radical (unpaired) electrons. The Morgan fingerprint density at radius 1 is 1.36 bits per heavy atom. The van der Waals surface area contributed by atoms with Gasteiger partial charge in [-0.15, -0.1) is 10.2 Å². The van der Waals surface area contributed by atoms with Gasteiger partial charge in [0.2, 0.25) is 5.91 Å². The third-order valence-electron chi connectivity index (χ3n) is 4.67. The molecule has 1 aliphatic heterocycles. The average molecular weight is 340 g/mol. The van der Waals surface area contributed by atoms with Crippen LogP contribution in [0, 0.1) is 0 Å². The van der Waals surface area contributed by atoms with Gasteiger partial charge in [0, 0.05) is 31.6 Å². The Kier molecular flexibility index (Phi) is 5.48. The van der Waals surface area contributed by atoms with Crippen LogP contribution in [0.1, 0.15) is 37.1 Å². The normalized spacial score (nSPS) is 15.7. The van der Waals surface area contributed by atoms with Crippen molar-refractivity contribution in [3.05, 3.63) is 48.1 Å². The number of carbonyl (C=O) groups is 1. The summed E-state index contributed by atoms with van der Waals surface area (Å²) in [4.78, 5) is 14.3. The van der Waals surface area contributed by atoms with Crippen molar-refractivity contribution in [2.24, 2.45) is 0 Å². The number of benzene rings is 1. The minimum absolute atomic E-state index is 0.0539. The van der Waals surface area contributed by atoms with Crippen LogP contribution in [0.5, 0.6) is 5.75 Å². The molecule has 0 spiro atoms. The number of aromatic nitrogens is 3. The highest BCUT2D eigenvalue weighted by atomic mass is 16.5. The zero-order valence-electron chi connectivity index (χ0n) is 14.8. The summed E-state index contributed by atoms with van der Waals surface area (Å²) in [5.41, 5.74) is 0.957. The van der Waals surface area contributed by atoms with E-state index in [1.807, 2.05) is 35.2 Å². The SMILES string of the molecule is CCn1cnnc1C1CCN(C(=O)/C=C\c2cccc(OC)c2)CC1. The van der Waals surface area contributed by atoms with E-state index in [1.165, 1.54) is 0 Å². The second-order valence-electron chi connectivity index (χ2n) is 6.18. The van der Waals surface area contributed by atoms with E-state index in [9.17, 15) is 4.79 Å². The summed E-state index contributed by atoms with van der Waals surface area (Å²) in [5, 5.41) is 8.27. The summed E-state index contributed by atoms with van der Waals surface area (Å²) in [6.07, 6.45) is 7.12. The first-order chi connectivity index (χ1) is 12.2. The molecule has 0 atom stereocenters. The van der Waals surface area contributed by atoms with Crippen molar-refractivity contribution in [2.75, 3.05) is 20.2 Å². The second-order valence-corrected chi connectivity index (χ2v) is 6.18. The van der Waals surface area contributed by atoms with Crippen molar-refractivity contribution in [3.63, 3.8) is 0 Å². The van der Waals surface area contributed by atoms with E-state index in [1.54, 1.807) is 19.5 Å². The number of carbonyl (C=O) groups excluding carboxylic acids is 1. The number of piperidine rings is 1. The highest BCUT2D eigenvalue weighted by molar-refractivity contribution is 5.91. The molecule has 6 heteroatoms. The van der Waals surface area contributed by atoms with Crippen molar-refractivity contribution in [1.82, 2.24) is 19.7 Å². The van der Waals surface area contributed by atoms with Crippen molar-refractivity contribution in [3.8, 4) is 5.75 Å². The molecule has 132 valence electrons. The summed E-state index contributed by atoms with van der Waals surface area (Å²) in [7, 11) is 1.64. The van der Waals surface area contributed by atoms with E-state index in [0.29, 0.717) is 5.92 Å². The number of methoxy groups -OCH3 is 1. The van der Waals surface area contributed by atoms with Gasteiger partial charge in [0.25, 0.3) is 0 Å². The van der Waals surface area contributed by atoms with Crippen LogP contribution in [0.25, 0.3) is 6.08 Å². The predicted molar refractivity (Wildman–Crippen MR) is 96.3 cm³/mol. The first-order valence-corrected chi connectivity index (χ1v) is 8.70. The molecule has 6 nitrogen and oxygen atoms in total. The molecule has 0 unspecified atom stereocenters. The molecule has 0 aliphatic carbocycles. The molecule has 1 aliphatic rings. The van der Waals surface area contributed by atoms with Gasteiger partial charge in [-0.1, -0.05) is 12.1 Å². The largest absolute Gasteiger partial charge is 0.497 e. The summed E-state index contributed by atoms with van der Waals surface area (Å²) >= 11 is 0. The smallest absolute Gasteiger partial charge is 0.246 e. The lowest BCUT2D eigenvalue weighted by Crippen LogP contribution is -2.37. The Hall–Kier alpha value is -2.63. The van der Waals surface area contributed by atoms with E-state index < -0.39 is 0 Å². The van der Waals surface area contributed by atoms with Gasteiger partial charge >= 0.3 is 0 Å². The first kappa shape index (κ1) is 17.2. The van der Waals surface area contributed by atoms with Gasteiger partial charge in [-0.05, 0) is 43.5 Å².